The fourth-order valence-electron chi connectivity index (χ4n) is 7.90. The molecule has 3 N–H and O–H groups in total. The van der Waals surface area contributed by atoms with Crippen molar-refractivity contribution in [2.45, 2.75) is 146 Å². The molecule has 41 heavy (non-hydrogen) atoms. The Balaban J connectivity index is 1.26. The van der Waals surface area contributed by atoms with E-state index in [2.05, 4.69) is 33.9 Å². The van der Waals surface area contributed by atoms with Crippen molar-refractivity contribution in [3.63, 3.8) is 0 Å². The Bertz CT molecular complexity index is 989. The van der Waals surface area contributed by atoms with Gasteiger partial charge in [0.2, 0.25) is 5.91 Å². The van der Waals surface area contributed by atoms with Gasteiger partial charge in [0, 0.05) is 54.4 Å². The third-order valence-corrected chi connectivity index (χ3v) is 10.6. The van der Waals surface area contributed by atoms with E-state index in [1.807, 2.05) is 24.3 Å². The summed E-state index contributed by atoms with van der Waals surface area (Å²) in [5.41, 5.74) is 7.28. The number of nitrogens with one attached hydrogen (secondary N) is 1. The standard InChI is InChI=1S/C33H52ClN5O2/c1-23-8-9-24(2)38(23)33(41)39(29-6-4-3-5-7-29)30-18-20-37(21-19-30)32(40)31(22-25-10-12-26(34)13-11-25)36-28-16-14-27(35)15-17-28/h10-13,23-24,27-31,36H,3-9,14-22,35H2,1-2H3/t23?,24?,27?,28?,31-/m1/s1. The number of urea groups is 1. The maximum absolute atomic E-state index is 14.1. The van der Waals surface area contributed by atoms with E-state index in [4.69, 9.17) is 17.3 Å². The number of hydrogen-bond acceptors (Lipinski definition) is 4. The van der Waals surface area contributed by atoms with Crippen LogP contribution < -0.4 is 11.1 Å². The van der Waals surface area contributed by atoms with Gasteiger partial charge in [-0.1, -0.05) is 43.0 Å². The summed E-state index contributed by atoms with van der Waals surface area (Å²) >= 11 is 6.14. The number of piperidine rings is 1. The number of likely N-dealkylation sites (tertiary alicyclic amines) is 2. The van der Waals surface area contributed by atoms with Gasteiger partial charge in [-0.05, 0) is 102 Å². The van der Waals surface area contributed by atoms with Crippen molar-refractivity contribution in [2.24, 2.45) is 5.73 Å². The second kappa shape index (κ2) is 14.1. The molecule has 1 aromatic rings. The molecule has 2 saturated heterocycles. The van der Waals surface area contributed by atoms with Crippen LogP contribution in [0.3, 0.4) is 0 Å². The lowest BCUT2D eigenvalue weighted by molar-refractivity contribution is -0.135. The molecule has 1 aromatic carbocycles. The summed E-state index contributed by atoms with van der Waals surface area (Å²) in [5.74, 6) is 0.186. The molecule has 0 radical (unpaired) electrons. The molecule has 2 saturated carbocycles. The van der Waals surface area contributed by atoms with Crippen molar-refractivity contribution in [1.82, 2.24) is 20.0 Å². The minimum absolute atomic E-state index is 0.186. The van der Waals surface area contributed by atoms with Crippen LogP contribution in [0.2, 0.25) is 5.02 Å². The number of benzene rings is 1. The van der Waals surface area contributed by atoms with E-state index in [1.54, 1.807) is 0 Å². The Labute approximate surface area is 252 Å². The van der Waals surface area contributed by atoms with Gasteiger partial charge < -0.3 is 25.8 Å². The van der Waals surface area contributed by atoms with Crippen LogP contribution in [0.15, 0.2) is 24.3 Å². The van der Waals surface area contributed by atoms with Crippen LogP contribution in [0.25, 0.3) is 0 Å². The molecule has 0 spiro atoms. The topological polar surface area (TPSA) is 81.9 Å². The average molecular weight is 586 g/mol. The van der Waals surface area contributed by atoms with E-state index in [0.29, 0.717) is 48.7 Å². The lowest BCUT2D eigenvalue weighted by Crippen LogP contribution is -2.59. The highest BCUT2D eigenvalue weighted by atomic mass is 35.5. The van der Waals surface area contributed by atoms with Crippen LogP contribution in [-0.4, -0.2) is 82.0 Å². The van der Waals surface area contributed by atoms with Gasteiger partial charge >= 0.3 is 6.03 Å². The number of carbonyl (C=O) groups excluding carboxylic acids is 2. The summed E-state index contributed by atoms with van der Waals surface area (Å²) in [7, 11) is 0. The molecule has 2 heterocycles. The average Bonchev–Trinajstić information content (AvgIpc) is 3.33. The Morgan fingerprint density at radius 3 is 2.07 bits per heavy atom. The van der Waals surface area contributed by atoms with E-state index in [9.17, 15) is 9.59 Å². The normalized spacial score (nSPS) is 29.0. The summed E-state index contributed by atoms with van der Waals surface area (Å²) in [5, 5.41) is 4.45. The minimum Gasteiger partial charge on any atom is -0.341 e. The molecule has 0 bridgehead atoms. The lowest BCUT2D eigenvalue weighted by atomic mass is 9.90. The van der Waals surface area contributed by atoms with Gasteiger partial charge in [-0.15, -0.1) is 0 Å². The Kier molecular flexibility index (Phi) is 10.5. The molecule has 7 nitrogen and oxygen atoms in total. The van der Waals surface area contributed by atoms with Crippen molar-refractivity contribution >= 4 is 23.5 Å². The summed E-state index contributed by atoms with van der Waals surface area (Å²) in [6.45, 7) is 5.82. The number of nitrogens with two attached hydrogens (primary N) is 1. The fourth-order valence-corrected chi connectivity index (χ4v) is 8.03. The highest BCUT2D eigenvalue weighted by Crippen LogP contribution is 2.33. The predicted molar refractivity (Wildman–Crippen MR) is 166 cm³/mol. The van der Waals surface area contributed by atoms with Gasteiger partial charge in [-0.25, -0.2) is 4.79 Å². The SMILES string of the molecule is CC1CCC(C)N1C(=O)N(C1CCCCC1)C1CCN(C(=O)[C@@H](Cc2ccc(Cl)cc2)NC2CCC(N)CC2)CC1. The Hall–Kier alpha value is -1.83. The van der Waals surface area contributed by atoms with Gasteiger partial charge in [-0.2, -0.15) is 0 Å². The summed E-state index contributed by atoms with van der Waals surface area (Å²) in [6, 6.07) is 9.59. The maximum Gasteiger partial charge on any atom is 0.320 e. The van der Waals surface area contributed by atoms with Crippen molar-refractivity contribution in [1.29, 1.82) is 0 Å². The highest BCUT2D eigenvalue weighted by Gasteiger charge is 2.41. The number of carbonyl (C=O) groups is 2. The first kappa shape index (κ1) is 30.6. The molecule has 3 amide bonds. The second-order valence-corrected chi connectivity index (χ2v) is 13.8. The summed E-state index contributed by atoms with van der Waals surface area (Å²) in [6.07, 6.45) is 14.5. The van der Waals surface area contributed by atoms with E-state index >= 15 is 0 Å². The van der Waals surface area contributed by atoms with Crippen LogP contribution in [0.1, 0.15) is 103 Å². The van der Waals surface area contributed by atoms with Crippen LogP contribution in [0.5, 0.6) is 0 Å². The number of amides is 3. The molecule has 3 atom stereocenters. The lowest BCUT2D eigenvalue weighted by Gasteiger charge is -2.46. The molecule has 228 valence electrons. The first-order chi connectivity index (χ1) is 19.8. The molecule has 8 heteroatoms. The zero-order chi connectivity index (χ0) is 28.9. The van der Waals surface area contributed by atoms with Crippen molar-refractivity contribution in [3.05, 3.63) is 34.9 Å². The quantitative estimate of drug-likeness (QED) is 0.428. The van der Waals surface area contributed by atoms with Gasteiger partial charge in [0.05, 0.1) is 6.04 Å². The zero-order valence-corrected chi connectivity index (χ0v) is 26.0. The summed E-state index contributed by atoms with van der Waals surface area (Å²) < 4.78 is 0. The van der Waals surface area contributed by atoms with Crippen molar-refractivity contribution in [3.8, 4) is 0 Å². The third-order valence-electron chi connectivity index (χ3n) is 10.4. The molecular formula is C33H52ClN5O2. The van der Waals surface area contributed by atoms with Gasteiger partial charge in [0.15, 0.2) is 0 Å². The smallest absolute Gasteiger partial charge is 0.320 e. The molecule has 2 unspecified atom stereocenters. The molecule has 2 aliphatic heterocycles. The number of halogens is 1. The maximum atomic E-state index is 14.1. The summed E-state index contributed by atoms with van der Waals surface area (Å²) in [4.78, 5) is 34.6. The van der Waals surface area contributed by atoms with E-state index < -0.39 is 0 Å². The predicted octanol–water partition coefficient (Wildman–Crippen LogP) is 5.73. The first-order valence-electron chi connectivity index (χ1n) is 16.5. The molecule has 0 aromatic heterocycles. The van der Waals surface area contributed by atoms with E-state index in [1.165, 1.54) is 19.3 Å². The van der Waals surface area contributed by atoms with Crippen LogP contribution in [0.4, 0.5) is 4.79 Å². The van der Waals surface area contributed by atoms with Crippen LogP contribution >= 0.6 is 11.6 Å². The Morgan fingerprint density at radius 1 is 0.878 bits per heavy atom. The zero-order valence-electron chi connectivity index (χ0n) is 25.3. The largest absolute Gasteiger partial charge is 0.341 e. The van der Waals surface area contributed by atoms with Gasteiger partial charge in [0.25, 0.3) is 0 Å². The number of hydrogen-bond donors (Lipinski definition) is 2. The van der Waals surface area contributed by atoms with Crippen molar-refractivity contribution < 1.29 is 9.59 Å². The second-order valence-electron chi connectivity index (χ2n) is 13.4. The van der Waals surface area contributed by atoms with Gasteiger partial charge in [-0.3, -0.25) is 4.79 Å². The highest BCUT2D eigenvalue weighted by molar-refractivity contribution is 6.30. The number of rotatable bonds is 7. The molecule has 2 aliphatic carbocycles. The minimum atomic E-state index is -0.269. The Morgan fingerprint density at radius 2 is 1.46 bits per heavy atom. The number of nitrogens with zero attached hydrogens (tertiary/aromatic N) is 3. The monoisotopic (exact) mass is 585 g/mol. The molecule has 4 fully saturated rings. The van der Waals surface area contributed by atoms with E-state index in [0.717, 1.165) is 69.8 Å². The van der Waals surface area contributed by atoms with Crippen LogP contribution in [-0.2, 0) is 11.2 Å². The van der Waals surface area contributed by atoms with Crippen molar-refractivity contribution in [2.75, 3.05) is 13.1 Å². The van der Waals surface area contributed by atoms with E-state index in [-0.39, 0.29) is 30.1 Å². The van der Waals surface area contributed by atoms with Gasteiger partial charge in [0.1, 0.15) is 0 Å². The molecular weight excluding hydrogens is 534 g/mol. The molecule has 4 aliphatic rings. The van der Waals surface area contributed by atoms with Crippen LogP contribution in [0, 0.1) is 0 Å². The first-order valence-corrected chi connectivity index (χ1v) is 16.8. The fraction of sp³-hybridized carbons (Fsp3) is 0.758. The molecule has 5 rings (SSSR count). The third kappa shape index (κ3) is 7.58.